The predicted octanol–water partition coefficient (Wildman–Crippen LogP) is 3.51. The van der Waals surface area contributed by atoms with E-state index in [0.29, 0.717) is 4.47 Å². The van der Waals surface area contributed by atoms with Gasteiger partial charge in [-0.05, 0) is 51.5 Å². The molecule has 0 aliphatic carbocycles. The van der Waals surface area contributed by atoms with Crippen LogP contribution in [0.3, 0.4) is 0 Å². The fourth-order valence-electron chi connectivity index (χ4n) is 1.73. The van der Waals surface area contributed by atoms with E-state index in [1.165, 1.54) is 6.07 Å². The molecule has 0 radical (unpaired) electrons. The van der Waals surface area contributed by atoms with Gasteiger partial charge in [0.15, 0.2) is 0 Å². The van der Waals surface area contributed by atoms with E-state index in [2.05, 4.69) is 21.4 Å². The van der Waals surface area contributed by atoms with E-state index >= 15 is 0 Å². The van der Waals surface area contributed by atoms with Crippen molar-refractivity contribution in [2.45, 2.75) is 13.0 Å². The van der Waals surface area contributed by atoms with Crippen molar-refractivity contribution in [3.8, 4) is 0 Å². The average molecular weight is 315 g/mol. The Morgan fingerprint density at radius 3 is 2.76 bits per heavy atom. The zero-order chi connectivity index (χ0) is 12.4. The summed E-state index contributed by atoms with van der Waals surface area (Å²) in [5.41, 5.74) is 4.69. The lowest BCUT2D eigenvalue weighted by molar-refractivity contribution is 0.599. The van der Waals surface area contributed by atoms with Gasteiger partial charge in [-0.3, -0.25) is 5.84 Å². The summed E-state index contributed by atoms with van der Waals surface area (Å²) in [4.78, 5) is 1.10. The molecular formula is C12H12BrFN2S. The highest BCUT2D eigenvalue weighted by Crippen LogP contribution is 2.33. The van der Waals surface area contributed by atoms with Crippen LogP contribution < -0.4 is 11.3 Å². The first-order chi connectivity index (χ1) is 8.15. The van der Waals surface area contributed by atoms with Gasteiger partial charge in [0.25, 0.3) is 0 Å². The van der Waals surface area contributed by atoms with E-state index in [0.717, 1.165) is 16.0 Å². The van der Waals surface area contributed by atoms with E-state index in [4.69, 9.17) is 5.84 Å². The lowest BCUT2D eigenvalue weighted by atomic mass is 10.0. The zero-order valence-corrected chi connectivity index (χ0v) is 11.6. The molecule has 2 rings (SSSR count). The maximum absolute atomic E-state index is 13.5. The summed E-state index contributed by atoms with van der Waals surface area (Å²) in [6.45, 7) is 2.02. The molecule has 2 nitrogen and oxygen atoms in total. The van der Waals surface area contributed by atoms with Crippen LogP contribution in [0.5, 0.6) is 0 Å². The Bertz CT molecular complexity index is 527. The van der Waals surface area contributed by atoms with Gasteiger partial charge in [-0.2, -0.15) is 0 Å². The largest absolute Gasteiger partial charge is 0.271 e. The summed E-state index contributed by atoms with van der Waals surface area (Å²) >= 11 is 4.87. The van der Waals surface area contributed by atoms with Gasteiger partial charge in [-0.1, -0.05) is 12.1 Å². The molecule has 1 aromatic carbocycles. The third kappa shape index (κ3) is 2.42. The molecule has 0 aliphatic heterocycles. The fraction of sp³-hybridized carbons (Fsp3) is 0.167. The summed E-state index contributed by atoms with van der Waals surface area (Å²) < 4.78 is 14.0. The number of nitrogens with one attached hydrogen (secondary N) is 1. The Hall–Kier alpha value is -0.750. The molecule has 1 unspecified atom stereocenters. The summed E-state index contributed by atoms with van der Waals surface area (Å²) in [5, 5.41) is 2.00. The lowest BCUT2D eigenvalue weighted by Crippen LogP contribution is -2.29. The van der Waals surface area contributed by atoms with Gasteiger partial charge in [0, 0.05) is 4.88 Å². The average Bonchev–Trinajstić information content (AvgIpc) is 2.72. The number of benzene rings is 1. The first-order valence-corrected chi connectivity index (χ1v) is 6.76. The molecule has 90 valence electrons. The number of hydrogen-bond acceptors (Lipinski definition) is 3. The van der Waals surface area contributed by atoms with Crippen molar-refractivity contribution in [3.05, 3.63) is 55.9 Å². The van der Waals surface area contributed by atoms with Crippen LogP contribution in [0.2, 0.25) is 0 Å². The van der Waals surface area contributed by atoms with Gasteiger partial charge >= 0.3 is 0 Å². The van der Waals surface area contributed by atoms with Gasteiger partial charge in [-0.15, -0.1) is 11.3 Å². The Labute approximate surface area is 112 Å². The van der Waals surface area contributed by atoms with Crippen molar-refractivity contribution in [1.82, 2.24) is 5.43 Å². The van der Waals surface area contributed by atoms with Crippen molar-refractivity contribution in [1.29, 1.82) is 0 Å². The van der Waals surface area contributed by atoms with Gasteiger partial charge in [0.1, 0.15) is 5.82 Å². The lowest BCUT2D eigenvalue weighted by Gasteiger charge is -2.17. The van der Waals surface area contributed by atoms with Crippen LogP contribution in [-0.4, -0.2) is 0 Å². The molecule has 0 spiro atoms. The molecule has 1 aromatic heterocycles. The van der Waals surface area contributed by atoms with Crippen LogP contribution in [0.4, 0.5) is 4.39 Å². The molecule has 17 heavy (non-hydrogen) atoms. The van der Waals surface area contributed by atoms with Crippen molar-refractivity contribution in [2.24, 2.45) is 5.84 Å². The highest BCUT2D eigenvalue weighted by molar-refractivity contribution is 9.10. The third-order valence-corrected chi connectivity index (χ3v) is 4.54. The number of thiophene rings is 1. The first kappa shape index (κ1) is 12.7. The van der Waals surface area contributed by atoms with Crippen LogP contribution in [0, 0.1) is 12.7 Å². The third-order valence-electron chi connectivity index (χ3n) is 2.62. The highest BCUT2D eigenvalue weighted by atomic mass is 79.9. The number of hydrazine groups is 1. The number of aryl methyl sites for hydroxylation is 1. The van der Waals surface area contributed by atoms with E-state index in [9.17, 15) is 4.39 Å². The monoisotopic (exact) mass is 314 g/mol. The second-order valence-corrected chi connectivity index (χ2v) is 5.45. The Morgan fingerprint density at radius 1 is 1.41 bits per heavy atom. The van der Waals surface area contributed by atoms with Crippen molar-refractivity contribution < 1.29 is 4.39 Å². The topological polar surface area (TPSA) is 38.0 Å². The maximum Gasteiger partial charge on any atom is 0.137 e. The van der Waals surface area contributed by atoms with Crippen molar-refractivity contribution >= 4 is 27.3 Å². The highest BCUT2D eigenvalue weighted by Gasteiger charge is 2.19. The summed E-state index contributed by atoms with van der Waals surface area (Å²) in [6.07, 6.45) is 0. The Kier molecular flexibility index (Phi) is 3.93. The minimum absolute atomic E-state index is 0.194. The van der Waals surface area contributed by atoms with Crippen LogP contribution in [0.25, 0.3) is 0 Å². The van der Waals surface area contributed by atoms with Crippen molar-refractivity contribution in [3.63, 3.8) is 0 Å². The second kappa shape index (κ2) is 5.27. The SMILES string of the molecule is Cc1ccsc1C(NN)c1cccc(F)c1Br. The molecule has 3 N–H and O–H groups in total. The standard InChI is InChI=1S/C12H12BrFN2S/c1-7-5-6-17-12(7)11(16-15)8-3-2-4-9(14)10(8)13/h2-6,11,16H,15H2,1H3. The molecule has 0 saturated heterocycles. The second-order valence-electron chi connectivity index (χ2n) is 3.71. The molecular weight excluding hydrogens is 303 g/mol. The molecule has 1 heterocycles. The van der Waals surface area contributed by atoms with Crippen LogP contribution in [0.15, 0.2) is 34.1 Å². The Morgan fingerprint density at radius 2 is 2.18 bits per heavy atom. The summed E-state index contributed by atoms with van der Waals surface area (Å²) in [5.74, 6) is 5.32. The first-order valence-electron chi connectivity index (χ1n) is 5.09. The van der Waals surface area contributed by atoms with Crippen LogP contribution in [-0.2, 0) is 0 Å². The van der Waals surface area contributed by atoms with E-state index in [-0.39, 0.29) is 11.9 Å². The minimum Gasteiger partial charge on any atom is -0.271 e. The Balaban J connectivity index is 2.50. The van der Waals surface area contributed by atoms with E-state index < -0.39 is 0 Å². The summed E-state index contributed by atoms with van der Waals surface area (Å²) in [7, 11) is 0. The van der Waals surface area contributed by atoms with Gasteiger partial charge in [-0.25, -0.2) is 9.82 Å². The molecule has 0 fully saturated rings. The molecule has 0 aliphatic rings. The molecule has 2 aromatic rings. The zero-order valence-electron chi connectivity index (χ0n) is 9.21. The van der Waals surface area contributed by atoms with Crippen LogP contribution >= 0.6 is 27.3 Å². The summed E-state index contributed by atoms with van der Waals surface area (Å²) in [6, 6.07) is 6.79. The van der Waals surface area contributed by atoms with E-state index in [1.807, 2.05) is 24.4 Å². The number of hydrogen-bond donors (Lipinski definition) is 2. The van der Waals surface area contributed by atoms with Gasteiger partial charge in [0.2, 0.25) is 0 Å². The minimum atomic E-state index is -0.281. The molecule has 0 amide bonds. The van der Waals surface area contributed by atoms with Gasteiger partial charge in [0.05, 0.1) is 10.5 Å². The van der Waals surface area contributed by atoms with Crippen molar-refractivity contribution in [2.75, 3.05) is 0 Å². The molecule has 1 atom stereocenters. The quantitative estimate of drug-likeness (QED) is 0.672. The molecule has 0 saturated carbocycles. The normalized spacial score (nSPS) is 12.7. The predicted molar refractivity (Wildman–Crippen MR) is 72.3 cm³/mol. The van der Waals surface area contributed by atoms with Gasteiger partial charge < -0.3 is 0 Å². The maximum atomic E-state index is 13.5. The smallest absolute Gasteiger partial charge is 0.137 e. The number of rotatable bonds is 3. The number of halogens is 2. The van der Waals surface area contributed by atoms with Crippen LogP contribution in [0.1, 0.15) is 22.0 Å². The van der Waals surface area contributed by atoms with E-state index in [1.54, 1.807) is 17.4 Å². The molecule has 0 bridgehead atoms. The number of nitrogens with two attached hydrogens (primary N) is 1. The molecule has 5 heteroatoms. The fourth-order valence-corrected chi connectivity index (χ4v) is 3.23.